The summed E-state index contributed by atoms with van der Waals surface area (Å²) in [6.07, 6.45) is 2.12. The molecule has 0 N–H and O–H groups in total. The zero-order valence-corrected chi connectivity index (χ0v) is 18.2. The lowest BCUT2D eigenvalue weighted by atomic mass is 9.24. The van der Waals surface area contributed by atoms with Crippen LogP contribution in [-0.2, 0) is 0 Å². The highest BCUT2D eigenvalue weighted by Crippen LogP contribution is 2.22. The minimum Gasteiger partial charge on any atom is -0.315 e. The van der Waals surface area contributed by atoms with E-state index in [2.05, 4.69) is 36.8 Å². The van der Waals surface area contributed by atoms with Crippen LogP contribution >= 0.6 is 0 Å². The van der Waals surface area contributed by atoms with Crippen molar-refractivity contribution >= 4 is 47.1 Å². The Morgan fingerprint density at radius 1 is 0.688 bits per heavy atom. The van der Waals surface area contributed by atoms with Crippen molar-refractivity contribution in [3.8, 4) is 11.1 Å². The van der Waals surface area contributed by atoms with Gasteiger partial charge in [0.25, 0.3) is 0 Å². The van der Waals surface area contributed by atoms with Gasteiger partial charge in [-0.25, -0.2) is 0 Å². The third kappa shape index (κ3) is 2.70. The summed E-state index contributed by atoms with van der Waals surface area (Å²) in [7, 11) is 2.06. The molecular weight excluding hydrogens is 384 g/mol. The second kappa shape index (κ2) is 7.10. The van der Waals surface area contributed by atoms with Gasteiger partial charge in [0.15, 0.2) is 0 Å². The molecular formula is C29H26B2N+. The molecule has 32 heavy (non-hydrogen) atoms. The molecule has 0 spiro atoms. The molecule has 152 valence electrons. The molecule has 0 aliphatic carbocycles. The molecule has 4 aromatic rings. The zero-order chi connectivity index (χ0) is 27.0. The highest BCUT2D eigenvalue weighted by molar-refractivity contribution is 7.07. The minimum atomic E-state index is -2.51. The van der Waals surface area contributed by atoms with Crippen LogP contribution in [0.1, 0.15) is 30.5 Å². The summed E-state index contributed by atoms with van der Waals surface area (Å²) in [6, 6.07) is 24.9. The number of nitrogens with zero attached hydrogens (tertiary/aromatic N) is 1. The Bertz CT molecular complexity index is 1590. The highest BCUT2D eigenvalue weighted by Gasteiger charge is 2.50. The lowest BCUT2D eigenvalue weighted by Crippen LogP contribution is -2.74. The Morgan fingerprint density at radius 3 is 2.09 bits per heavy atom. The molecule has 0 saturated heterocycles. The van der Waals surface area contributed by atoms with Gasteiger partial charge >= 0.3 is 6.85 Å². The first-order valence-electron chi connectivity index (χ1n) is 14.0. The Kier molecular flexibility index (Phi) is 3.10. The summed E-state index contributed by atoms with van der Waals surface area (Å²) in [6.45, 7) is -3.47. The van der Waals surface area contributed by atoms with Crippen LogP contribution in [0, 0.1) is 20.6 Å². The smallest absolute Gasteiger partial charge is 0.315 e. The van der Waals surface area contributed by atoms with E-state index in [4.69, 9.17) is 8.22 Å². The average Bonchev–Trinajstić information content (AvgIpc) is 3.20. The molecule has 2 aliphatic heterocycles. The highest BCUT2D eigenvalue weighted by atomic mass is 14.9. The van der Waals surface area contributed by atoms with Crippen molar-refractivity contribution in [3.05, 3.63) is 101 Å². The van der Waals surface area contributed by atoms with Gasteiger partial charge in [-0.2, -0.15) is 0 Å². The van der Waals surface area contributed by atoms with Crippen LogP contribution in [0.5, 0.6) is 0 Å². The van der Waals surface area contributed by atoms with Crippen molar-refractivity contribution in [2.24, 2.45) is 0 Å². The molecule has 0 amide bonds. The van der Waals surface area contributed by atoms with Gasteiger partial charge in [-0.05, 0) is 43.4 Å². The van der Waals surface area contributed by atoms with E-state index < -0.39 is 20.4 Å². The minimum absolute atomic E-state index is 0.00432. The van der Waals surface area contributed by atoms with Crippen LogP contribution in [0.25, 0.3) is 11.1 Å². The predicted octanol–water partition coefficient (Wildman–Crippen LogP) is 2.29. The molecule has 3 heteroatoms. The molecule has 0 atom stereocenters. The number of hydrogen-bond donors (Lipinski definition) is 0. The maximum absolute atomic E-state index is 8.56. The maximum atomic E-state index is 8.56. The molecule has 2 heterocycles. The van der Waals surface area contributed by atoms with Crippen LogP contribution < -0.4 is 27.3 Å². The zero-order valence-electron chi connectivity index (χ0n) is 24.2. The van der Waals surface area contributed by atoms with E-state index in [1.54, 1.807) is 12.1 Å². The van der Waals surface area contributed by atoms with Crippen molar-refractivity contribution < 1.29 is 12.7 Å². The fraction of sp³-hybridized carbons (Fsp3) is 0.138. The van der Waals surface area contributed by atoms with E-state index in [1.165, 1.54) is 0 Å². The van der Waals surface area contributed by atoms with Gasteiger partial charge in [-0.1, -0.05) is 100 Å². The van der Waals surface area contributed by atoms with Gasteiger partial charge in [0.1, 0.15) is 13.3 Å². The fourth-order valence-corrected chi connectivity index (χ4v) is 5.70. The Labute approximate surface area is 200 Å². The largest absolute Gasteiger partial charge is 0.553 e. The van der Waals surface area contributed by atoms with Gasteiger partial charge in [-0.15, -0.1) is 0 Å². The van der Waals surface area contributed by atoms with Gasteiger partial charge in [0.2, 0.25) is 6.71 Å². The average molecular weight is 416 g/mol. The molecule has 0 radical (unpaired) electrons. The first-order chi connectivity index (χ1) is 18.0. The Morgan fingerprint density at radius 2 is 1.38 bits per heavy atom. The van der Waals surface area contributed by atoms with Gasteiger partial charge in [0, 0.05) is 24.7 Å². The Hall–Kier alpha value is -3.32. The molecule has 6 rings (SSSR count). The van der Waals surface area contributed by atoms with E-state index in [-0.39, 0.29) is 18.0 Å². The molecule has 0 unspecified atom stereocenters. The maximum Gasteiger partial charge on any atom is 0.553 e. The summed E-state index contributed by atoms with van der Waals surface area (Å²) < 4.78 is 53.6. The third-order valence-corrected chi connectivity index (χ3v) is 7.03. The van der Waals surface area contributed by atoms with Gasteiger partial charge in [0.05, 0.1) is 0 Å². The second-order valence-electron chi connectivity index (χ2n) is 8.91. The van der Waals surface area contributed by atoms with Crippen LogP contribution in [0.3, 0.4) is 0 Å². The first kappa shape index (κ1) is 14.0. The summed E-state index contributed by atoms with van der Waals surface area (Å²) in [4.78, 5) is 0. The summed E-state index contributed by atoms with van der Waals surface area (Å²) >= 11 is 0. The topological polar surface area (TPSA) is 3.01 Å². The second-order valence-corrected chi connectivity index (χ2v) is 8.91. The predicted molar refractivity (Wildman–Crippen MR) is 140 cm³/mol. The van der Waals surface area contributed by atoms with E-state index in [0.717, 1.165) is 38.5 Å². The number of fused-ring (bicyclic) bond motifs is 2. The van der Waals surface area contributed by atoms with Crippen molar-refractivity contribution in [3.63, 3.8) is 0 Å². The van der Waals surface area contributed by atoms with Gasteiger partial charge in [-0.3, -0.25) is 0 Å². The first-order valence-corrected chi connectivity index (χ1v) is 11.0. The van der Waals surface area contributed by atoms with E-state index >= 15 is 0 Å². The van der Waals surface area contributed by atoms with Crippen molar-refractivity contribution in [1.29, 1.82) is 0 Å². The van der Waals surface area contributed by atoms with Crippen LogP contribution in [0.2, 0.25) is 0 Å². The normalized spacial score (nSPS) is 17.2. The van der Waals surface area contributed by atoms with E-state index in [1.807, 2.05) is 54.6 Å². The lowest BCUT2D eigenvalue weighted by molar-refractivity contribution is -0.338. The molecule has 0 fully saturated rings. The number of rotatable bonds is 2. The lowest BCUT2D eigenvalue weighted by Gasteiger charge is -2.29. The third-order valence-electron chi connectivity index (χ3n) is 7.03. The van der Waals surface area contributed by atoms with E-state index in [9.17, 15) is 0 Å². The molecule has 4 aromatic carbocycles. The quantitative estimate of drug-likeness (QED) is 0.442. The Balaban J connectivity index is 1.75. The molecule has 0 saturated carbocycles. The standard InChI is InChI=1S/C29H26B2N/c1-19-10-8-14-25-28(19)31-29-23(18-32(31)4)13-9-15-26(29)30(25)27-20(2)16-24(17-21(27)3)22-11-6-5-7-12-22/h5-18H,1-4H3/q+1/i2D3,3D3. The van der Waals surface area contributed by atoms with Crippen LogP contribution in [-0.4, -0.2) is 31.3 Å². The van der Waals surface area contributed by atoms with Crippen LogP contribution in [0.15, 0.2) is 78.9 Å². The number of benzene rings is 4. The molecule has 2 aliphatic rings. The van der Waals surface area contributed by atoms with Crippen molar-refractivity contribution in [2.75, 3.05) is 7.05 Å². The number of hydrogen-bond acceptors (Lipinski definition) is 0. The van der Waals surface area contributed by atoms with Crippen molar-refractivity contribution in [1.82, 2.24) is 0 Å². The summed E-state index contributed by atoms with van der Waals surface area (Å²) in [5.74, 6) is 0. The SMILES string of the molecule is [2H]C([2H])([2H])c1cc(-c2ccccc2)cc(C([2H])([2H])[2H])c1B1c2cccc(C)c2B2c3c(cccc31)C=[N+]2C. The van der Waals surface area contributed by atoms with E-state index in [0.29, 0.717) is 11.0 Å². The molecule has 0 aromatic heterocycles. The molecule has 0 bridgehead atoms. The molecule has 1 nitrogen and oxygen atoms in total. The fourth-order valence-electron chi connectivity index (χ4n) is 5.70. The van der Waals surface area contributed by atoms with Crippen LogP contribution in [0.4, 0.5) is 0 Å². The van der Waals surface area contributed by atoms with Gasteiger partial charge < -0.3 is 4.49 Å². The summed E-state index contributed by atoms with van der Waals surface area (Å²) in [5.41, 5.74) is 8.30. The number of aryl methyl sites for hydroxylation is 3. The van der Waals surface area contributed by atoms with Crippen molar-refractivity contribution in [2.45, 2.75) is 20.6 Å². The monoisotopic (exact) mass is 416 g/mol. The summed E-state index contributed by atoms with van der Waals surface area (Å²) in [5, 5.41) is 0.